The number of carbonyl (C=O) groups is 1. The minimum absolute atomic E-state index is 0.0187. The van der Waals surface area contributed by atoms with E-state index in [9.17, 15) is 9.18 Å². The number of anilines is 1. The molecule has 0 spiro atoms. The van der Waals surface area contributed by atoms with Crippen LogP contribution in [0.25, 0.3) is 0 Å². The van der Waals surface area contributed by atoms with Gasteiger partial charge in [-0.05, 0) is 54.0 Å². The largest absolute Gasteiger partial charge is 0.325 e. The average molecular weight is 301 g/mol. The van der Waals surface area contributed by atoms with Crippen LogP contribution in [0.4, 0.5) is 10.1 Å². The lowest BCUT2D eigenvalue weighted by molar-refractivity contribution is -0.120. The first kappa shape index (κ1) is 12.5. The number of nitrogens with one attached hydrogen (secondary N) is 2. The van der Waals surface area contributed by atoms with Gasteiger partial charge in [0.25, 0.3) is 0 Å². The predicted molar refractivity (Wildman–Crippen MR) is 68.3 cm³/mol. The summed E-state index contributed by atoms with van der Waals surface area (Å²) in [5.41, 5.74) is 0.607. The molecule has 1 aromatic carbocycles. The highest BCUT2D eigenvalue weighted by Crippen LogP contribution is 2.25. The Labute approximate surface area is 108 Å². The standard InChI is InChI=1S/C12H14BrFN2O/c1-7-9(4-5-15-7)12(17)16-11-3-2-8(14)6-10(11)13/h2-3,6-7,9,15H,4-5H2,1H3,(H,16,17). The molecule has 2 atom stereocenters. The van der Waals surface area contributed by atoms with Gasteiger partial charge in [-0.1, -0.05) is 0 Å². The highest BCUT2D eigenvalue weighted by Gasteiger charge is 2.29. The van der Waals surface area contributed by atoms with E-state index in [4.69, 9.17) is 0 Å². The summed E-state index contributed by atoms with van der Waals surface area (Å²) >= 11 is 3.23. The third-order valence-corrected chi connectivity index (χ3v) is 3.71. The van der Waals surface area contributed by atoms with Gasteiger partial charge < -0.3 is 10.6 Å². The van der Waals surface area contributed by atoms with Crippen LogP contribution < -0.4 is 10.6 Å². The molecule has 1 aliphatic heterocycles. The number of amides is 1. The van der Waals surface area contributed by atoms with Crippen molar-refractivity contribution in [3.8, 4) is 0 Å². The van der Waals surface area contributed by atoms with Crippen LogP contribution in [0, 0.1) is 11.7 Å². The molecule has 0 saturated carbocycles. The maximum absolute atomic E-state index is 12.9. The first-order chi connectivity index (χ1) is 8.08. The van der Waals surface area contributed by atoms with Crippen molar-refractivity contribution in [1.82, 2.24) is 5.32 Å². The number of halogens is 2. The van der Waals surface area contributed by atoms with Crippen molar-refractivity contribution < 1.29 is 9.18 Å². The second kappa shape index (κ2) is 5.14. The van der Waals surface area contributed by atoms with E-state index >= 15 is 0 Å². The Bertz CT molecular complexity index is 439. The monoisotopic (exact) mass is 300 g/mol. The maximum atomic E-state index is 12.9. The van der Waals surface area contributed by atoms with Gasteiger partial charge in [0.1, 0.15) is 5.82 Å². The van der Waals surface area contributed by atoms with Crippen LogP contribution in [0.5, 0.6) is 0 Å². The minimum atomic E-state index is -0.328. The number of carbonyl (C=O) groups excluding carboxylic acids is 1. The Morgan fingerprint density at radius 2 is 2.35 bits per heavy atom. The molecule has 0 aliphatic carbocycles. The van der Waals surface area contributed by atoms with E-state index in [0.717, 1.165) is 13.0 Å². The first-order valence-electron chi connectivity index (χ1n) is 5.57. The molecule has 1 heterocycles. The average Bonchev–Trinajstić information content (AvgIpc) is 2.68. The van der Waals surface area contributed by atoms with Crippen LogP contribution in [0.1, 0.15) is 13.3 Å². The first-order valence-corrected chi connectivity index (χ1v) is 6.36. The molecule has 1 fully saturated rings. The van der Waals surface area contributed by atoms with Gasteiger partial charge in [0.15, 0.2) is 0 Å². The van der Waals surface area contributed by atoms with Crippen LogP contribution >= 0.6 is 15.9 Å². The minimum Gasteiger partial charge on any atom is -0.325 e. The van der Waals surface area contributed by atoms with Crippen molar-refractivity contribution in [2.75, 3.05) is 11.9 Å². The molecule has 1 saturated heterocycles. The van der Waals surface area contributed by atoms with Crippen LogP contribution in [-0.2, 0) is 4.79 Å². The smallest absolute Gasteiger partial charge is 0.229 e. The van der Waals surface area contributed by atoms with Crippen molar-refractivity contribution in [3.63, 3.8) is 0 Å². The molecule has 2 N–H and O–H groups in total. The normalized spacial score (nSPS) is 23.7. The second-order valence-electron chi connectivity index (χ2n) is 4.25. The zero-order valence-electron chi connectivity index (χ0n) is 9.47. The Balaban J connectivity index is 2.07. The number of benzene rings is 1. The van der Waals surface area contributed by atoms with E-state index in [2.05, 4.69) is 26.6 Å². The van der Waals surface area contributed by atoms with Crippen LogP contribution in [0.15, 0.2) is 22.7 Å². The summed E-state index contributed by atoms with van der Waals surface area (Å²) in [6.07, 6.45) is 0.839. The quantitative estimate of drug-likeness (QED) is 0.881. The third-order valence-electron chi connectivity index (χ3n) is 3.05. The zero-order chi connectivity index (χ0) is 12.4. The van der Waals surface area contributed by atoms with Crippen LogP contribution in [0.3, 0.4) is 0 Å². The lowest BCUT2D eigenvalue weighted by Crippen LogP contribution is -2.32. The van der Waals surface area contributed by atoms with Gasteiger partial charge >= 0.3 is 0 Å². The Hall–Kier alpha value is -0.940. The van der Waals surface area contributed by atoms with E-state index in [1.54, 1.807) is 6.07 Å². The van der Waals surface area contributed by atoms with Crippen molar-refractivity contribution >= 4 is 27.5 Å². The van der Waals surface area contributed by atoms with Gasteiger partial charge in [0.05, 0.1) is 11.6 Å². The summed E-state index contributed by atoms with van der Waals surface area (Å²) < 4.78 is 13.5. The molecule has 1 aromatic rings. The summed E-state index contributed by atoms with van der Waals surface area (Å²) in [5.74, 6) is -0.368. The summed E-state index contributed by atoms with van der Waals surface area (Å²) in [4.78, 5) is 12.0. The SMILES string of the molecule is CC1NCCC1C(=O)Nc1ccc(F)cc1Br. The van der Waals surface area contributed by atoms with Gasteiger partial charge in [-0.25, -0.2) is 4.39 Å². The van der Waals surface area contributed by atoms with Gasteiger partial charge in [-0.3, -0.25) is 4.79 Å². The van der Waals surface area contributed by atoms with Gasteiger partial charge in [-0.15, -0.1) is 0 Å². The van der Waals surface area contributed by atoms with E-state index in [1.165, 1.54) is 12.1 Å². The molecular formula is C12H14BrFN2O. The molecule has 1 amide bonds. The Kier molecular flexibility index (Phi) is 3.79. The molecule has 5 heteroatoms. The molecule has 2 rings (SSSR count). The van der Waals surface area contributed by atoms with E-state index < -0.39 is 0 Å². The molecule has 17 heavy (non-hydrogen) atoms. The zero-order valence-corrected chi connectivity index (χ0v) is 11.1. The summed E-state index contributed by atoms with van der Waals surface area (Å²) in [6.45, 7) is 2.86. The Morgan fingerprint density at radius 3 is 2.94 bits per heavy atom. The molecule has 2 unspecified atom stereocenters. The summed E-state index contributed by atoms with van der Waals surface area (Å²) in [5, 5.41) is 6.04. The highest BCUT2D eigenvalue weighted by atomic mass is 79.9. The molecule has 0 bridgehead atoms. The molecule has 92 valence electrons. The molecule has 3 nitrogen and oxygen atoms in total. The predicted octanol–water partition coefficient (Wildman–Crippen LogP) is 2.52. The van der Waals surface area contributed by atoms with Crippen LogP contribution in [0.2, 0.25) is 0 Å². The second-order valence-corrected chi connectivity index (χ2v) is 5.11. The van der Waals surface area contributed by atoms with Crippen molar-refractivity contribution in [2.45, 2.75) is 19.4 Å². The molecule has 0 aromatic heterocycles. The molecule has 0 radical (unpaired) electrons. The van der Waals surface area contributed by atoms with Crippen molar-refractivity contribution in [2.24, 2.45) is 5.92 Å². The number of hydrogen-bond donors (Lipinski definition) is 2. The number of rotatable bonds is 2. The fraction of sp³-hybridized carbons (Fsp3) is 0.417. The van der Waals surface area contributed by atoms with E-state index in [0.29, 0.717) is 10.2 Å². The van der Waals surface area contributed by atoms with Crippen LogP contribution in [-0.4, -0.2) is 18.5 Å². The summed E-state index contributed by atoms with van der Waals surface area (Å²) in [6, 6.07) is 4.42. The molecule has 1 aliphatic rings. The van der Waals surface area contributed by atoms with Gasteiger partial charge in [0.2, 0.25) is 5.91 Å². The van der Waals surface area contributed by atoms with Gasteiger partial charge in [-0.2, -0.15) is 0 Å². The van der Waals surface area contributed by atoms with E-state index in [1.807, 2.05) is 6.92 Å². The number of hydrogen-bond acceptors (Lipinski definition) is 2. The summed E-state index contributed by atoms with van der Waals surface area (Å²) in [7, 11) is 0. The highest BCUT2D eigenvalue weighted by molar-refractivity contribution is 9.10. The van der Waals surface area contributed by atoms with Crippen molar-refractivity contribution in [3.05, 3.63) is 28.5 Å². The fourth-order valence-corrected chi connectivity index (χ4v) is 2.48. The fourth-order valence-electron chi connectivity index (χ4n) is 2.03. The van der Waals surface area contributed by atoms with Gasteiger partial charge in [0, 0.05) is 10.5 Å². The maximum Gasteiger partial charge on any atom is 0.229 e. The molecular weight excluding hydrogens is 287 g/mol. The lowest BCUT2D eigenvalue weighted by Gasteiger charge is -2.15. The third kappa shape index (κ3) is 2.84. The van der Waals surface area contributed by atoms with E-state index in [-0.39, 0.29) is 23.7 Å². The topological polar surface area (TPSA) is 41.1 Å². The van der Waals surface area contributed by atoms with Crippen molar-refractivity contribution in [1.29, 1.82) is 0 Å². The lowest BCUT2D eigenvalue weighted by atomic mass is 10.0. The Morgan fingerprint density at radius 1 is 1.59 bits per heavy atom.